The Balaban J connectivity index is 2.47. The number of imidazole rings is 1. The van der Waals surface area contributed by atoms with E-state index in [4.69, 9.17) is 10.5 Å². The third kappa shape index (κ3) is 2.24. The summed E-state index contributed by atoms with van der Waals surface area (Å²) in [6.45, 7) is 2.77. The van der Waals surface area contributed by atoms with Crippen LogP contribution < -0.4 is 5.73 Å². The molecule has 17 heavy (non-hydrogen) atoms. The van der Waals surface area contributed by atoms with Crippen molar-refractivity contribution < 1.29 is 4.74 Å². The van der Waals surface area contributed by atoms with Crippen LogP contribution in [0.25, 0.3) is 11.2 Å². The number of rotatable bonds is 5. The first-order valence-electron chi connectivity index (χ1n) is 5.85. The molecule has 92 valence electrons. The van der Waals surface area contributed by atoms with E-state index in [-0.39, 0.29) is 6.04 Å². The first kappa shape index (κ1) is 11.9. The number of ether oxygens (including phenoxy) is 1. The molecule has 0 aromatic carbocycles. The summed E-state index contributed by atoms with van der Waals surface area (Å²) in [4.78, 5) is 8.67. The number of fused-ring (bicyclic) bond motifs is 1. The predicted molar refractivity (Wildman–Crippen MR) is 67.8 cm³/mol. The lowest BCUT2D eigenvalue weighted by Gasteiger charge is -2.18. The molecule has 2 rings (SSSR count). The third-order valence-corrected chi connectivity index (χ3v) is 2.82. The second kappa shape index (κ2) is 5.14. The van der Waals surface area contributed by atoms with Gasteiger partial charge < -0.3 is 10.5 Å². The maximum atomic E-state index is 5.97. The van der Waals surface area contributed by atoms with Gasteiger partial charge in [-0.15, -0.1) is 0 Å². The van der Waals surface area contributed by atoms with Gasteiger partial charge in [-0.2, -0.15) is 0 Å². The summed E-state index contributed by atoms with van der Waals surface area (Å²) in [7, 11) is 1.70. The molecule has 2 aromatic heterocycles. The van der Waals surface area contributed by atoms with Crippen LogP contribution in [0.1, 0.15) is 25.8 Å². The number of methoxy groups -OCH3 is 1. The third-order valence-electron chi connectivity index (χ3n) is 2.82. The number of anilines is 1. The summed E-state index contributed by atoms with van der Waals surface area (Å²) >= 11 is 0. The van der Waals surface area contributed by atoms with Crippen molar-refractivity contribution in [3.05, 3.63) is 18.3 Å². The van der Waals surface area contributed by atoms with Crippen LogP contribution in [0.5, 0.6) is 0 Å². The number of hydrogen-bond acceptors (Lipinski definition) is 4. The van der Waals surface area contributed by atoms with Crippen LogP contribution in [0.3, 0.4) is 0 Å². The van der Waals surface area contributed by atoms with E-state index < -0.39 is 0 Å². The summed E-state index contributed by atoms with van der Waals surface area (Å²) < 4.78 is 7.23. The van der Waals surface area contributed by atoms with Crippen molar-refractivity contribution in [2.75, 3.05) is 19.5 Å². The lowest BCUT2D eigenvalue weighted by atomic mass is 10.2. The van der Waals surface area contributed by atoms with Gasteiger partial charge in [0.2, 0.25) is 5.95 Å². The minimum atomic E-state index is 0.199. The second-order valence-electron chi connectivity index (χ2n) is 4.08. The topological polar surface area (TPSA) is 66.0 Å². The number of nitrogens with zero attached hydrogens (tertiary/aromatic N) is 3. The molecule has 0 spiro atoms. The minimum Gasteiger partial charge on any atom is -0.383 e. The van der Waals surface area contributed by atoms with E-state index in [1.807, 2.05) is 16.7 Å². The fraction of sp³-hybridized carbons (Fsp3) is 0.500. The molecule has 2 aromatic rings. The summed E-state index contributed by atoms with van der Waals surface area (Å²) in [5.41, 5.74) is 7.64. The van der Waals surface area contributed by atoms with Gasteiger partial charge in [-0.1, -0.05) is 13.3 Å². The number of pyridine rings is 1. The lowest BCUT2D eigenvalue weighted by Crippen LogP contribution is -2.17. The predicted octanol–water partition coefficient (Wildman–Crippen LogP) is 2.00. The van der Waals surface area contributed by atoms with Crippen LogP contribution in [-0.2, 0) is 4.74 Å². The molecule has 0 radical (unpaired) electrons. The summed E-state index contributed by atoms with van der Waals surface area (Å²) in [5, 5.41) is 0. The van der Waals surface area contributed by atoms with Gasteiger partial charge in [-0.25, -0.2) is 9.97 Å². The highest BCUT2D eigenvalue weighted by molar-refractivity contribution is 5.73. The van der Waals surface area contributed by atoms with Crippen molar-refractivity contribution in [1.29, 1.82) is 0 Å². The van der Waals surface area contributed by atoms with E-state index in [1.54, 1.807) is 13.3 Å². The van der Waals surface area contributed by atoms with Crippen LogP contribution in [0.15, 0.2) is 18.3 Å². The van der Waals surface area contributed by atoms with Gasteiger partial charge >= 0.3 is 0 Å². The van der Waals surface area contributed by atoms with Crippen molar-refractivity contribution in [2.45, 2.75) is 25.8 Å². The Bertz CT molecular complexity index is 488. The standard InChI is InChI=1S/C12H18N4O/c1-3-5-9(8-17-2)16-11-10(15-12(16)13)6-4-7-14-11/h4,6-7,9H,3,5,8H2,1-2H3,(H2,13,15). The molecule has 0 aliphatic heterocycles. The molecule has 0 amide bonds. The molecule has 0 fully saturated rings. The van der Waals surface area contributed by atoms with Crippen molar-refractivity contribution in [3.63, 3.8) is 0 Å². The Morgan fingerprint density at radius 2 is 2.35 bits per heavy atom. The zero-order chi connectivity index (χ0) is 12.3. The Kier molecular flexibility index (Phi) is 3.58. The monoisotopic (exact) mass is 234 g/mol. The van der Waals surface area contributed by atoms with Gasteiger partial charge in [-0.3, -0.25) is 4.57 Å². The van der Waals surface area contributed by atoms with E-state index in [9.17, 15) is 0 Å². The molecule has 1 unspecified atom stereocenters. The zero-order valence-electron chi connectivity index (χ0n) is 10.3. The fourth-order valence-corrected chi connectivity index (χ4v) is 2.12. The van der Waals surface area contributed by atoms with E-state index in [1.165, 1.54) is 0 Å². The molecule has 2 heterocycles. The average molecular weight is 234 g/mol. The number of nitrogen functional groups attached to an aromatic ring is 1. The van der Waals surface area contributed by atoms with Crippen LogP contribution in [0, 0.1) is 0 Å². The fourth-order valence-electron chi connectivity index (χ4n) is 2.12. The van der Waals surface area contributed by atoms with E-state index in [0.29, 0.717) is 12.6 Å². The SMILES string of the molecule is CCCC(COC)n1c(N)nc2cccnc21. The summed E-state index contributed by atoms with van der Waals surface area (Å²) in [6, 6.07) is 3.99. The smallest absolute Gasteiger partial charge is 0.202 e. The van der Waals surface area contributed by atoms with Crippen LogP contribution >= 0.6 is 0 Å². The average Bonchev–Trinajstić information content (AvgIpc) is 2.64. The van der Waals surface area contributed by atoms with Gasteiger partial charge in [0.05, 0.1) is 12.6 Å². The molecule has 0 aliphatic rings. The van der Waals surface area contributed by atoms with Gasteiger partial charge in [0.15, 0.2) is 5.65 Å². The lowest BCUT2D eigenvalue weighted by molar-refractivity contribution is 0.152. The number of hydrogen-bond donors (Lipinski definition) is 1. The Hall–Kier alpha value is -1.62. The Morgan fingerprint density at radius 3 is 3.06 bits per heavy atom. The number of nitrogens with two attached hydrogens (primary N) is 1. The first-order chi connectivity index (χ1) is 8.27. The highest BCUT2D eigenvalue weighted by Crippen LogP contribution is 2.24. The second-order valence-corrected chi connectivity index (χ2v) is 4.08. The van der Waals surface area contributed by atoms with Crippen LogP contribution in [-0.4, -0.2) is 28.3 Å². The molecule has 5 nitrogen and oxygen atoms in total. The van der Waals surface area contributed by atoms with Crippen molar-refractivity contribution in [2.24, 2.45) is 0 Å². The zero-order valence-corrected chi connectivity index (χ0v) is 10.3. The maximum absolute atomic E-state index is 5.97. The van der Waals surface area contributed by atoms with E-state index in [2.05, 4.69) is 16.9 Å². The largest absolute Gasteiger partial charge is 0.383 e. The van der Waals surface area contributed by atoms with E-state index >= 15 is 0 Å². The maximum Gasteiger partial charge on any atom is 0.202 e. The molecule has 0 saturated heterocycles. The van der Waals surface area contributed by atoms with Gasteiger partial charge in [0.25, 0.3) is 0 Å². The van der Waals surface area contributed by atoms with Crippen LogP contribution in [0.2, 0.25) is 0 Å². The van der Waals surface area contributed by atoms with Gasteiger partial charge in [0.1, 0.15) is 5.52 Å². The molecule has 5 heteroatoms. The molecule has 1 atom stereocenters. The molecular weight excluding hydrogens is 216 g/mol. The molecule has 0 aliphatic carbocycles. The van der Waals surface area contributed by atoms with Crippen LogP contribution in [0.4, 0.5) is 5.95 Å². The highest BCUT2D eigenvalue weighted by Gasteiger charge is 2.17. The first-order valence-corrected chi connectivity index (χ1v) is 5.85. The summed E-state index contributed by atoms with van der Waals surface area (Å²) in [6.07, 6.45) is 3.83. The number of aromatic nitrogens is 3. The molecule has 0 bridgehead atoms. The van der Waals surface area contributed by atoms with Gasteiger partial charge in [0, 0.05) is 13.3 Å². The van der Waals surface area contributed by atoms with Gasteiger partial charge in [-0.05, 0) is 18.6 Å². The normalized spacial score (nSPS) is 13.1. The minimum absolute atomic E-state index is 0.199. The molecule has 2 N–H and O–H groups in total. The summed E-state index contributed by atoms with van der Waals surface area (Å²) in [5.74, 6) is 0.509. The Labute approximate surface area is 101 Å². The van der Waals surface area contributed by atoms with E-state index in [0.717, 1.165) is 24.0 Å². The quantitative estimate of drug-likeness (QED) is 0.859. The van der Waals surface area contributed by atoms with Crippen molar-refractivity contribution in [1.82, 2.24) is 14.5 Å². The van der Waals surface area contributed by atoms with Crippen molar-refractivity contribution in [3.8, 4) is 0 Å². The molecule has 0 saturated carbocycles. The van der Waals surface area contributed by atoms with Crippen molar-refractivity contribution >= 4 is 17.1 Å². The highest BCUT2D eigenvalue weighted by atomic mass is 16.5. The molecular formula is C12H18N4O. The Morgan fingerprint density at radius 1 is 1.53 bits per heavy atom.